The minimum absolute atomic E-state index is 0.00694. The van der Waals surface area contributed by atoms with Crippen molar-refractivity contribution in [2.45, 2.75) is 18.8 Å². The van der Waals surface area contributed by atoms with E-state index in [0.29, 0.717) is 19.6 Å². The van der Waals surface area contributed by atoms with Crippen molar-refractivity contribution >= 4 is 11.8 Å². The molecule has 0 amide bonds. The van der Waals surface area contributed by atoms with E-state index in [1.165, 1.54) is 24.6 Å². The summed E-state index contributed by atoms with van der Waals surface area (Å²) in [6, 6.07) is 0. The van der Waals surface area contributed by atoms with Crippen LogP contribution in [0.25, 0.3) is 0 Å². The Morgan fingerprint density at radius 3 is 1.75 bits per heavy atom. The lowest BCUT2D eigenvalue weighted by Gasteiger charge is -2.31. The summed E-state index contributed by atoms with van der Waals surface area (Å²) in [5.41, 5.74) is 10.7. The highest BCUT2D eigenvalue weighted by Gasteiger charge is 2.33. The molecule has 0 unspecified atom stereocenters. The first-order valence-corrected chi connectivity index (χ1v) is 8.53. The van der Waals surface area contributed by atoms with Crippen LogP contribution in [0, 0.1) is 0 Å². The highest BCUT2D eigenvalue weighted by Crippen LogP contribution is 2.27. The Morgan fingerprint density at radius 1 is 0.850 bits per heavy atom. The van der Waals surface area contributed by atoms with Gasteiger partial charge >= 0.3 is 0 Å². The molecule has 0 atom stereocenters. The monoisotopic (exact) mass is 310 g/mol. The van der Waals surface area contributed by atoms with Gasteiger partial charge < -0.3 is 21.3 Å². The summed E-state index contributed by atoms with van der Waals surface area (Å²) in [5.74, 6) is 0.158. The SMILES string of the molecule is NCCN1CCC(F)(F)CC1.NCCN1CCSCC1. The highest BCUT2D eigenvalue weighted by atomic mass is 32.2. The number of hydrogen-bond acceptors (Lipinski definition) is 5. The maximum Gasteiger partial charge on any atom is 0.250 e. The Morgan fingerprint density at radius 2 is 1.30 bits per heavy atom. The van der Waals surface area contributed by atoms with E-state index in [0.717, 1.165) is 19.6 Å². The molecule has 20 heavy (non-hydrogen) atoms. The molecule has 0 spiro atoms. The van der Waals surface area contributed by atoms with Crippen LogP contribution < -0.4 is 11.5 Å². The largest absolute Gasteiger partial charge is 0.329 e. The maximum absolute atomic E-state index is 12.6. The van der Waals surface area contributed by atoms with Crippen molar-refractivity contribution in [2.75, 3.05) is 63.9 Å². The lowest BCUT2D eigenvalue weighted by atomic mass is 10.1. The third-order valence-electron chi connectivity index (χ3n) is 3.58. The Hall–Kier alpha value is 0.0500. The number of likely N-dealkylation sites (tertiary alicyclic amines) is 1. The summed E-state index contributed by atoms with van der Waals surface area (Å²) in [6.45, 7) is 6.66. The summed E-state index contributed by atoms with van der Waals surface area (Å²) < 4.78 is 25.1. The normalized spacial score (nSPS) is 24.0. The van der Waals surface area contributed by atoms with E-state index in [-0.39, 0.29) is 12.8 Å². The zero-order valence-corrected chi connectivity index (χ0v) is 13.0. The fourth-order valence-electron chi connectivity index (χ4n) is 2.29. The first-order valence-electron chi connectivity index (χ1n) is 7.38. The van der Waals surface area contributed by atoms with Gasteiger partial charge in [0, 0.05) is 76.7 Å². The van der Waals surface area contributed by atoms with Gasteiger partial charge in [0.25, 0.3) is 5.92 Å². The molecule has 4 nitrogen and oxygen atoms in total. The molecule has 4 N–H and O–H groups in total. The standard InChI is InChI=1S/C7H14F2N2.C6H14N2S/c8-7(9)1-4-11(5-2-7)6-3-10;7-1-2-8-3-5-9-6-4-8/h1-6,10H2;1-7H2. The van der Waals surface area contributed by atoms with Gasteiger partial charge in [-0.15, -0.1) is 0 Å². The van der Waals surface area contributed by atoms with Crippen LogP contribution in [0.2, 0.25) is 0 Å². The fourth-order valence-corrected chi connectivity index (χ4v) is 3.27. The molecule has 0 aromatic heterocycles. The molecule has 2 aliphatic heterocycles. The van der Waals surface area contributed by atoms with Crippen molar-refractivity contribution in [3.05, 3.63) is 0 Å². The Balaban J connectivity index is 0.000000204. The van der Waals surface area contributed by atoms with Crippen LogP contribution in [0.5, 0.6) is 0 Å². The summed E-state index contributed by atoms with van der Waals surface area (Å²) >= 11 is 2.04. The predicted octanol–water partition coefficient (Wildman–Crippen LogP) is 0.670. The van der Waals surface area contributed by atoms with Crippen LogP contribution in [0.1, 0.15) is 12.8 Å². The van der Waals surface area contributed by atoms with Gasteiger partial charge in [-0.2, -0.15) is 11.8 Å². The molecule has 120 valence electrons. The smallest absolute Gasteiger partial charge is 0.250 e. The van der Waals surface area contributed by atoms with Crippen molar-refractivity contribution in [2.24, 2.45) is 11.5 Å². The average Bonchev–Trinajstić information content (AvgIpc) is 2.44. The fraction of sp³-hybridized carbons (Fsp3) is 1.00. The number of nitrogens with two attached hydrogens (primary N) is 2. The molecule has 0 bridgehead atoms. The second-order valence-corrected chi connectivity index (χ2v) is 6.45. The van der Waals surface area contributed by atoms with E-state index in [1.54, 1.807) is 0 Å². The molecule has 0 aliphatic carbocycles. The first kappa shape index (κ1) is 18.1. The second kappa shape index (κ2) is 9.89. The van der Waals surface area contributed by atoms with Crippen molar-refractivity contribution in [3.63, 3.8) is 0 Å². The summed E-state index contributed by atoms with van der Waals surface area (Å²) in [7, 11) is 0. The Kier molecular flexibility index (Phi) is 8.95. The number of piperidine rings is 1. The molecule has 0 radical (unpaired) electrons. The third-order valence-corrected chi connectivity index (χ3v) is 4.52. The number of halogens is 2. The molecule has 2 heterocycles. The number of hydrogen-bond donors (Lipinski definition) is 2. The molecule has 2 saturated heterocycles. The van der Waals surface area contributed by atoms with E-state index in [9.17, 15) is 8.78 Å². The highest BCUT2D eigenvalue weighted by molar-refractivity contribution is 7.99. The molecule has 2 aliphatic rings. The van der Waals surface area contributed by atoms with Gasteiger partial charge in [0.1, 0.15) is 0 Å². The van der Waals surface area contributed by atoms with Crippen LogP contribution in [-0.4, -0.2) is 79.6 Å². The van der Waals surface area contributed by atoms with Crippen LogP contribution >= 0.6 is 11.8 Å². The van der Waals surface area contributed by atoms with Crippen molar-refractivity contribution in [3.8, 4) is 0 Å². The predicted molar refractivity (Wildman–Crippen MR) is 82.5 cm³/mol. The number of thioether (sulfide) groups is 1. The van der Waals surface area contributed by atoms with Gasteiger partial charge in [-0.05, 0) is 0 Å². The average molecular weight is 310 g/mol. The molecular formula is C13H28F2N4S. The molecule has 2 fully saturated rings. The van der Waals surface area contributed by atoms with Gasteiger partial charge in [-0.3, -0.25) is 0 Å². The molecule has 7 heteroatoms. The summed E-state index contributed by atoms with van der Waals surface area (Å²) in [4.78, 5) is 4.41. The van der Waals surface area contributed by atoms with E-state index in [4.69, 9.17) is 11.5 Å². The lowest BCUT2D eigenvalue weighted by Crippen LogP contribution is -2.41. The minimum atomic E-state index is -2.43. The number of alkyl halides is 2. The molecule has 2 rings (SSSR count). The van der Waals surface area contributed by atoms with Crippen molar-refractivity contribution in [1.29, 1.82) is 0 Å². The van der Waals surface area contributed by atoms with Gasteiger partial charge in [-0.25, -0.2) is 8.78 Å². The van der Waals surface area contributed by atoms with Crippen LogP contribution in [-0.2, 0) is 0 Å². The van der Waals surface area contributed by atoms with Gasteiger partial charge in [0.2, 0.25) is 0 Å². The van der Waals surface area contributed by atoms with E-state index < -0.39 is 5.92 Å². The third kappa shape index (κ3) is 7.73. The minimum Gasteiger partial charge on any atom is -0.329 e. The molecule has 0 aromatic rings. The van der Waals surface area contributed by atoms with E-state index >= 15 is 0 Å². The van der Waals surface area contributed by atoms with E-state index in [1.807, 2.05) is 16.7 Å². The first-order chi connectivity index (χ1) is 9.57. The van der Waals surface area contributed by atoms with Crippen molar-refractivity contribution < 1.29 is 8.78 Å². The summed E-state index contributed by atoms with van der Waals surface area (Å²) in [5, 5.41) is 0. The second-order valence-electron chi connectivity index (χ2n) is 5.23. The number of rotatable bonds is 4. The van der Waals surface area contributed by atoms with Gasteiger partial charge in [-0.1, -0.05) is 0 Å². The Bertz CT molecular complexity index is 238. The zero-order chi connectivity index (χ0) is 14.8. The van der Waals surface area contributed by atoms with Crippen LogP contribution in [0.3, 0.4) is 0 Å². The zero-order valence-electron chi connectivity index (χ0n) is 12.2. The lowest BCUT2D eigenvalue weighted by molar-refractivity contribution is -0.0544. The van der Waals surface area contributed by atoms with E-state index in [2.05, 4.69) is 4.90 Å². The van der Waals surface area contributed by atoms with Crippen molar-refractivity contribution in [1.82, 2.24) is 9.80 Å². The summed E-state index contributed by atoms with van der Waals surface area (Å²) in [6.07, 6.45) is -0.0139. The van der Waals surface area contributed by atoms with Crippen LogP contribution in [0.4, 0.5) is 8.78 Å². The van der Waals surface area contributed by atoms with Crippen LogP contribution in [0.15, 0.2) is 0 Å². The Labute approximate surface area is 125 Å². The molecule has 0 aromatic carbocycles. The van der Waals surface area contributed by atoms with Gasteiger partial charge in [0.15, 0.2) is 0 Å². The number of nitrogens with zero attached hydrogens (tertiary/aromatic N) is 2. The van der Waals surface area contributed by atoms with Gasteiger partial charge in [0.05, 0.1) is 0 Å². The quantitative estimate of drug-likeness (QED) is 0.799. The maximum atomic E-state index is 12.6. The molecular weight excluding hydrogens is 282 g/mol. The molecule has 0 saturated carbocycles. The topological polar surface area (TPSA) is 58.5 Å².